The normalized spacial score (nSPS) is 12.3. The van der Waals surface area contributed by atoms with Gasteiger partial charge in [-0.1, -0.05) is 24.3 Å². The number of methoxy groups -OCH3 is 1. The van der Waals surface area contributed by atoms with Crippen LogP contribution in [0.5, 0.6) is 17.2 Å². The van der Waals surface area contributed by atoms with Crippen molar-refractivity contribution in [3.63, 3.8) is 0 Å². The van der Waals surface area contributed by atoms with Crippen LogP contribution in [-0.4, -0.2) is 12.2 Å². The van der Waals surface area contributed by atoms with Gasteiger partial charge in [0.05, 0.1) is 12.7 Å². The SMILES string of the molecule is COc1cc(O)c2c(c1)OCc1ccccc1-2. The first-order chi connectivity index (χ1) is 8.29. The summed E-state index contributed by atoms with van der Waals surface area (Å²) in [5.74, 6) is 1.45. The monoisotopic (exact) mass is 228 g/mol. The fraction of sp³-hybridized carbons (Fsp3) is 0.143. The zero-order chi connectivity index (χ0) is 11.8. The van der Waals surface area contributed by atoms with E-state index in [4.69, 9.17) is 9.47 Å². The van der Waals surface area contributed by atoms with Crippen LogP contribution in [0.1, 0.15) is 5.56 Å². The standard InChI is InChI=1S/C14H12O3/c1-16-10-6-12(15)14-11-5-3-2-4-9(11)8-17-13(14)7-10/h2-7,15H,8H2,1H3. The van der Waals surface area contributed by atoms with Gasteiger partial charge in [0.25, 0.3) is 0 Å². The summed E-state index contributed by atoms with van der Waals surface area (Å²) in [5.41, 5.74) is 2.85. The van der Waals surface area contributed by atoms with Gasteiger partial charge in [0.1, 0.15) is 23.9 Å². The number of phenolic OH excluding ortho intramolecular Hbond substituents is 1. The zero-order valence-corrected chi connectivity index (χ0v) is 9.43. The molecule has 0 unspecified atom stereocenters. The summed E-state index contributed by atoms with van der Waals surface area (Å²) in [6.07, 6.45) is 0. The Hall–Kier alpha value is -2.16. The van der Waals surface area contributed by atoms with Crippen molar-refractivity contribution in [1.82, 2.24) is 0 Å². The summed E-state index contributed by atoms with van der Waals surface area (Å²) in [4.78, 5) is 0. The van der Waals surface area contributed by atoms with E-state index < -0.39 is 0 Å². The van der Waals surface area contributed by atoms with E-state index in [1.54, 1.807) is 19.2 Å². The van der Waals surface area contributed by atoms with Crippen LogP contribution in [0.4, 0.5) is 0 Å². The Morgan fingerprint density at radius 2 is 2.06 bits per heavy atom. The fourth-order valence-electron chi connectivity index (χ4n) is 2.12. The quantitative estimate of drug-likeness (QED) is 0.815. The summed E-state index contributed by atoms with van der Waals surface area (Å²) < 4.78 is 10.7. The van der Waals surface area contributed by atoms with E-state index in [0.717, 1.165) is 16.7 Å². The lowest BCUT2D eigenvalue weighted by molar-refractivity contribution is 0.297. The Labute approximate surface area is 99.2 Å². The molecule has 0 saturated heterocycles. The number of ether oxygens (including phenoxy) is 2. The minimum Gasteiger partial charge on any atom is -0.507 e. The largest absolute Gasteiger partial charge is 0.507 e. The van der Waals surface area contributed by atoms with E-state index in [2.05, 4.69) is 0 Å². The number of hydrogen-bond donors (Lipinski definition) is 1. The van der Waals surface area contributed by atoms with Gasteiger partial charge >= 0.3 is 0 Å². The molecule has 1 aliphatic rings. The second-order valence-electron chi connectivity index (χ2n) is 3.97. The van der Waals surface area contributed by atoms with Gasteiger partial charge in [-0.25, -0.2) is 0 Å². The zero-order valence-electron chi connectivity index (χ0n) is 9.43. The summed E-state index contributed by atoms with van der Waals surface area (Å²) >= 11 is 0. The Balaban J connectivity index is 2.25. The number of phenols is 1. The molecule has 0 saturated carbocycles. The van der Waals surface area contributed by atoms with E-state index >= 15 is 0 Å². The molecule has 3 heteroatoms. The second-order valence-corrected chi connectivity index (χ2v) is 3.97. The molecule has 17 heavy (non-hydrogen) atoms. The van der Waals surface area contributed by atoms with Gasteiger partial charge in [0.15, 0.2) is 0 Å². The first kappa shape index (κ1) is 10.0. The first-order valence-corrected chi connectivity index (χ1v) is 5.41. The van der Waals surface area contributed by atoms with Gasteiger partial charge in [-0.15, -0.1) is 0 Å². The summed E-state index contributed by atoms with van der Waals surface area (Å²) in [5, 5.41) is 10.1. The van der Waals surface area contributed by atoms with Crippen LogP contribution in [-0.2, 0) is 6.61 Å². The average molecular weight is 228 g/mol. The third-order valence-corrected chi connectivity index (χ3v) is 2.96. The third-order valence-electron chi connectivity index (χ3n) is 2.96. The molecule has 86 valence electrons. The van der Waals surface area contributed by atoms with Crippen LogP contribution in [0.15, 0.2) is 36.4 Å². The predicted molar refractivity (Wildman–Crippen MR) is 64.4 cm³/mol. The van der Waals surface area contributed by atoms with Crippen molar-refractivity contribution in [2.24, 2.45) is 0 Å². The Kier molecular flexibility index (Phi) is 2.18. The van der Waals surface area contributed by atoms with Gasteiger partial charge in [-0.05, 0) is 11.1 Å². The first-order valence-electron chi connectivity index (χ1n) is 5.41. The Morgan fingerprint density at radius 1 is 1.24 bits per heavy atom. The third kappa shape index (κ3) is 1.51. The number of rotatable bonds is 1. The maximum atomic E-state index is 10.1. The molecule has 0 aromatic heterocycles. The molecule has 0 spiro atoms. The van der Waals surface area contributed by atoms with Crippen molar-refractivity contribution in [2.75, 3.05) is 7.11 Å². The summed E-state index contributed by atoms with van der Waals surface area (Å²) in [7, 11) is 1.57. The van der Waals surface area contributed by atoms with Crippen LogP contribution in [0.3, 0.4) is 0 Å². The highest BCUT2D eigenvalue weighted by Crippen LogP contribution is 2.45. The topological polar surface area (TPSA) is 38.7 Å². The highest BCUT2D eigenvalue weighted by molar-refractivity contribution is 5.81. The highest BCUT2D eigenvalue weighted by Gasteiger charge is 2.21. The Morgan fingerprint density at radius 3 is 2.88 bits per heavy atom. The molecular weight excluding hydrogens is 216 g/mol. The van der Waals surface area contributed by atoms with E-state index in [1.165, 1.54) is 0 Å². The van der Waals surface area contributed by atoms with Gasteiger partial charge < -0.3 is 14.6 Å². The molecule has 0 fully saturated rings. The summed E-state index contributed by atoms with van der Waals surface area (Å²) in [6, 6.07) is 11.3. The lowest BCUT2D eigenvalue weighted by Crippen LogP contribution is -2.05. The molecule has 2 aromatic rings. The summed E-state index contributed by atoms with van der Waals surface area (Å²) in [6.45, 7) is 0.524. The van der Waals surface area contributed by atoms with Crippen LogP contribution < -0.4 is 9.47 Å². The molecule has 0 atom stereocenters. The van der Waals surface area contributed by atoms with E-state index in [9.17, 15) is 5.11 Å². The van der Waals surface area contributed by atoms with Gasteiger partial charge in [0, 0.05) is 12.1 Å². The van der Waals surface area contributed by atoms with Crippen molar-refractivity contribution in [1.29, 1.82) is 0 Å². The highest BCUT2D eigenvalue weighted by atomic mass is 16.5. The lowest BCUT2D eigenvalue weighted by Gasteiger charge is -2.22. The van der Waals surface area contributed by atoms with Crippen LogP contribution in [0, 0.1) is 0 Å². The van der Waals surface area contributed by atoms with Gasteiger partial charge in [-0.3, -0.25) is 0 Å². The lowest BCUT2D eigenvalue weighted by atomic mass is 9.96. The number of aromatic hydroxyl groups is 1. The molecule has 0 amide bonds. The van der Waals surface area contributed by atoms with Gasteiger partial charge in [0.2, 0.25) is 0 Å². The molecule has 3 rings (SSSR count). The van der Waals surface area contributed by atoms with Crippen molar-refractivity contribution >= 4 is 0 Å². The predicted octanol–water partition coefficient (Wildman–Crippen LogP) is 2.96. The molecule has 3 nitrogen and oxygen atoms in total. The maximum Gasteiger partial charge on any atom is 0.135 e. The smallest absolute Gasteiger partial charge is 0.135 e. The van der Waals surface area contributed by atoms with Crippen molar-refractivity contribution in [3.8, 4) is 28.4 Å². The molecule has 1 heterocycles. The Bertz CT molecular complexity index is 576. The van der Waals surface area contributed by atoms with E-state index in [1.807, 2.05) is 24.3 Å². The van der Waals surface area contributed by atoms with Crippen LogP contribution in [0.25, 0.3) is 11.1 Å². The minimum atomic E-state index is 0.187. The number of hydrogen-bond acceptors (Lipinski definition) is 3. The van der Waals surface area contributed by atoms with Crippen LogP contribution >= 0.6 is 0 Å². The maximum absolute atomic E-state index is 10.1. The van der Waals surface area contributed by atoms with Gasteiger partial charge in [-0.2, -0.15) is 0 Å². The molecule has 1 N–H and O–H groups in total. The van der Waals surface area contributed by atoms with Crippen LogP contribution in [0.2, 0.25) is 0 Å². The number of benzene rings is 2. The van der Waals surface area contributed by atoms with E-state index in [0.29, 0.717) is 18.1 Å². The van der Waals surface area contributed by atoms with Crippen molar-refractivity contribution < 1.29 is 14.6 Å². The molecule has 0 aliphatic carbocycles. The molecule has 2 aromatic carbocycles. The van der Waals surface area contributed by atoms with Crippen molar-refractivity contribution in [2.45, 2.75) is 6.61 Å². The minimum absolute atomic E-state index is 0.187. The molecule has 0 radical (unpaired) electrons. The average Bonchev–Trinajstić information content (AvgIpc) is 2.37. The second kappa shape index (κ2) is 3.70. The molecule has 0 bridgehead atoms. The number of fused-ring (bicyclic) bond motifs is 3. The van der Waals surface area contributed by atoms with Crippen molar-refractivity contribution in [3.05, 3.63) is 42.0 Å². The molecule has 1 aliphatic heterocycles. The fourth-order valence-corrected chi connectivity index (χ4v) is 2.12. The molecular formula is C14H12O3. The van der Waals surface area contributed by atoms with E-state index in [-0.39, 0.29) is 5.75 Å².